The summed E-state index contributed by atoms with van der Waals surface area (Å²) >= 11 is 0. The summed E-state index contributed by atoms with van der Waals surface area (Å²) in [5.41, 5.74) is 0. The van der Waals surface area contributed by atoms with Crippen molar-refractivity contribution in [1.29, 1.82) is 0 Å². The van der Waals surface area contributed by atoms with Gasteiger partial charge in [0, 0.05) is 13.0 Å². The van der Waals surface area contributed by atoms with E-state index < -0.39 is 0 Å². The smallest absolute Gasteiger partial charge is 0.220 e. The van der Waals surface area contributed by atoms with Gasteiger partial charge in [-0.3, -0.25) is 4.79 Å². The molecule has 0 bridgehead atoms. The average Bonchev–Trinajstić information content (AvgIpc) is 2.54. The zero-order valence-electron chi connectivity index (χ0n) is 7.31. The van der Waals surface area contributed by atoms with E-state index in [4.69, 9.17) is 0 Å². The van der Waals surface area contributed by atoms with Gasteiger partial charge in [0.2, 0.25) is 5.91 Å². The first-order chi connectivity index (χ1) is 5.86. The molecule has 12 heavy (non-hydrogen) atoms. The number of carbonyl (C=O) groups excluding carboxylic acids is 1. The van der Waals surface area contributed by atoms with Crippen molar-refractivity contribution in [2.45, 2.75) is 19.3 Å². The van der Waals surface area contributed by atoms with E-state index in [9.17, 15) is 4.79 Å². The van der Waals surface area contributed by atoms with Crippen LogP contribution >= 0.6 is 0 Å². The molecule has 0 aromatic heterocycles. The highest BCUT2D eigenvalue weighted by Crippen LogP contribution is 2.24. The molecule has 0 spiro atoms. The molecule has 2 heterocycles. The molecule has 0 aliphatic carbocycles. The quantitative estimate of drug-likeness (QED) is 0.584. The van der Waals surface area contributed by atoms with E-state index in [0.717, 1.165) is 32.0 Å². The van der Waals surface area contributed by atoms with Crippen LogP contribution in [-0.2, 0) is 4.79 Å². The molecule has 1 amide bonds. The first kappa shape index (κ1) is 8.05. The largest absolute Gasteiger partial charge is 0.356 e. The van der Waals surface area contributed by atoms with Gasteiger partial charge >= 0.3 is 0 Å². The molecule has 2 N–H and O–H groups in total. The minimum absolute atomic E-state index is 0.241. The van der Waals surface area contributed by atoms with Crippen molar-refractivity contribution in [1.82, 2.24) is 10.6 Å². The Morgan fingerprint density at radius 2 is 2.17 bits per heavy atom. The topological polar surface area (TPSA) is 41.1 Å². The van der Waals surface area contributed by atoms with E-state index in [0.29, 0.717) is 5.92 Å². The molecule has 0 radical (unpaired) electrons. The summed E-state index contributed by atoms with van der Waals surface area (Å²) < 4.78 is 0. The number of rotatable bonds is 1. The Hall–Kier alpha value is -0.570. The lowest BCUT2D eigenvalue weighted by Crippen LogP contribution is -2.34. The highest BCUT2D eigenvalue weighted by Gasteiger charge is 2.29. The minimum atomic E-state index is 0.241. The summed E-state index contributed by atoms with van der Waals surface area (Å²) in [5, 5.41) is 6.29. The summed E-state index contributed by atoms with van der Waals surface area (Å²) in [6.45, 7) is 3.18. The maximum Gasteiger partial charge on any atom is 0.220 e. The molecule has 3 nitrogen and oxygen atoms in total. The number of hydrogen-bond donors (Lipinski definition) is 2. The number of hydrogen-bond acceptors (Lipinski definition) is 2. The van der Waals surface area contributed by atoms with Crippen molar-refractivity contribution in [3.8, 4) is 0 Å². The fourth-order valence-corrected chi connectivity index (χ4v) is 2.24. The van der Waals surface area contributed by atoms with Gasteiger partial charge in [0.15, 0.2) is 0 Å². The predicted molar refractivity (Wildman–Crippen MR) is 46.7 cm³/mol. The van der Waals surface area contributed by atoms with Crippen LogP contribution in [-0.4, -0.2) is 25.5 Å². The molecule has 0 saturated carbocycles. The van der Waals surface area contributed by atoms with Gasteiger partial charge < -0.3 is 10.6 Å². The van der Waals surface area contributed by atoms with Gasteiger partial charge in [0.1, 0.15) is 0 Å². The highest BCUT2D eigenvalue weighted by molar-refractivity contribution is 5.78. The second-order valence-electron chi connectivity index (χ2n) is 3.87. The maximum absolute atomic E-state index is 11.0. The molecule has 0 unspecified atom stereocenters. The first-order valence-corrected chi connectivity index (χ1v) is 4.83. The van der Waals surface area contributed by atoms with Crippen LogP contribution in [0.5, 0.6) is 0 Å². The van der Waals surface area contributed by atoms with Crippen molar-refractivity contribution < 1.29 is 4.79 Å². The lowest BCUT2D eigenvalue weighted by molar-refractivity contribution is -0.119. The van der Waals surface area contributed by atoms with E-state index in [1.165, 1.54) is 12.8 Å². The Balaban J connectivity index is 1.86. The summed E-state index contributed by atoms with van der Waals surface area (Å²) in [5.74, 6) is 1.58. The zero-order valence-corrected chi connectivity index (χ0v) is 7.31. The predicted octanol–water partition coefficient (Wildman–Crippen LogP) is 0.122. The van der Waals surface area contributed by atoms with Crippen molar-refractivity contribution in [3.05, 3.63) is 0 Å². The van der Waals surface area contributed by atoms with Gasteiger partial charge in [-0.1, -0.05) is 0 Å². The van der Waals surface area contributed by atoms with Crippen LogP contribution in [0.4, 0.5) is 0 Å². The average molecular weight is 168 g/mol. The number of nitrogens with one attached hydrogen (secondary N) is 2. The van der Waals surface area contributed by atoms with Crippen LogP contribution in [0.1, 0.15) is 19.3 Å². The van der Waals surface area contributed by atoms with E-state index in [1.807, 2.05) is 0 Å². The van der Waals surface area contributed by atoms with E-state index in [1.54, 1.807) is 0 Å². The molecule has 2 aliphatic heterocycles. The van der Waals surface area contributed by atoms with Crippen molar-refractivity contribution >= 4 is 5.91 Å². The van der Waals surface area contributed by atoms with E-state index >= 15 is 0 Å². The van der Waals surface area contributed by atoms with Gasteiger partial charge in [-0.25, -0.2) is 0 Å². The van der Waals surface area contributed by atoms with Crippen LogP contribution < -0.4 is 10.6 Å². The Morgan fingerprint density at radius 1 is 1.25 bits per heavy atom. The first-order valence-electron chi connectivity index (χ1n) is 4.83. The van der Waals surface area contributed by atoms with Crippen LogP contribution in [0.2, 0.25) is 0 Å². The van der Waals surface area contributed by atoms with Gasteiger partial charge in [-0.05, 0) is 37.8 Å². The molecule has 68 valence electrons. The van der Waals surface area contributed by atoms with Crippen molar-refractivity contribution in [3.63, 3.8) is 0 Å². The third-order valence-corrected chi connectivity index (χ3v) is 3.01. The Bertz CT molecular complexity index is 175. The summed E-state index contributed by atoms with van der Waals surface area (Å²) in [4.78, 5) is 11.0. The Kier molecular flexibility index (Phi) is 2.30. The summed E-state index contributed by atoms with van der Waals surface area (Å²) in [6.07, 6.45) is 3.33. The van der Waals surface area contributed by atoms with Gasteiger partial charge in [0.05, 0.1) is 0 Å². The standard InChI is InChI=1S/C9H16N2O/c12-9-4-8(6-11-9)7-2-1-3-10-5-7/h7-8,10H,1-6H2,(H,11,12)/t7-,8-/m0/s1. The molecule has 2 aliphatic rings. The Morgan fingerprint density at radius 3 is 2.75 bits per heavy atom. The summed E-state index contributed by atoms with van der Waals surface area (Å²) in [6, 6.07) is 0. The van der Waals surface area contributed by atoms with Crippen LogP contribution in [0.25, 0.3) is 0 Å². The Labute approximate surface area is 72.9 Å². The summed E-state index contributed by atoms with van der Waals surface area (Å²) in [7, 11) is 0. The lowest BCUT2D eigenvalue weighted by Gasteiger charge is -2.26. The molecule has 2 rings (SSSR count). The minimum Gasteiger partial charge on any atom is -0.356 e. The van der Waals surface area contributed by atoms with Gasteiger partial charge in [-0.2, -0.15) is 0 Å². The van der Waals surface area contributed by atoms with E-state index in [-0.39, 0.29) is 5.91 Å². The molecule has 2 fully saturated rings. The SMILES string of the molecule is O=C1C[C@H]([C@H]2CCCNC2)CN1. The van der Waals surface area contributed by atoms with E-state index in [2.05, 4.69) is 10.6 Å². The highest BCUT2D eigenvalue weighted by atomic mass is 16.1. The molecule has 0 aromatic rings. The molecule has 2 saturated heterocycles. The number of carbonyl (C=O) groups is 1. The van der Waals surface area contributed by atoms with Crippen molar-refractivity contribution in [2.24, 2.45) is 11.8 Å². The third-order valence-electron chi connectivity index (χ3n) is 3.01. The molecule has 3 heteroatoms. The molecule has 2 atom stereocenters. The monoisotopic (exact) mass is 168 g/mol. The number of amides is 1. The molecule has 0 aromatic carbocycles. The second kappa shape index (κ2) is 3.44. The number of piperidine rings is 1. The molecular weight excluding hydrogens is 152 g/mol. The fraction of sp³-hybridized carbons (Fsp3) is 0.889. The van der Waals surface area contributed by atoms with Crippen LogP contribution in [0, 0.1) is 11.8 Å². The fourth-order valence-electron chi connectivity index (χ4n) is 2.24. The lowest BCUT2D eigenvalue weighted by atomic mass is 9.86. The molecular formula is C9H16N2O. The van der Waals surface area contributed by atoms with Crippen molar-refractivity contribution in [2.75, 3.05) is 19.6 Å². The van der Waals surface area contributed by atoms with Crippen LogP contribution in [0.15, 0.2) is 0 Å². The van der Waals surface area contributed by atoms with Crippen LogP contribution in [0.3, 0.4) is 0 Å². The third kappa shape index (κ3) is 1.61. The zero-order chi connectivity index (χ0) is 8.39. The normalized spacial score (nSPS) is 36.5. The maximum atomic E-state index is 11.0. The second-order valence-corrected chi connectivity index (χ2v) is 3.87. The van der Waals surface area contributed by atoms with Gasteiger partial charge in [-0.15, -0.1) is 0 Å². The van der Waals surface area contributed by atoms with Gasteiger partial charge in [0.25, 0.3) is 0 Å².